The lowest BCUT2D eigenvalue weighted by Crippen LogP contribution is -2.36. The van der Waals surface area contributed by atoms with Crippen molar-refractivity contribution in [1.82, 2.24) is 19.7 Å². The van der Waals surface area contributed by atoms with Crippen molar-refractivity contribution in [2.45, 2.75) is 51.0 Å². The average molecular weight is 290 g/mol. The molecule has 0 radical (unpaired) electrons. The summed E-state index contributed by atoms with van der Waals surface area (Å²) in [6.07, 6.45) is 10.1. The Kier molecular flexibility index (Phi) is 4.70. The highest BCUT2D eigenvalue weighted by Crippen LogP contribution is 2.27. The minimum Gasteiger partial charge on any atom is -0.388 e. The fraction of sp³-hybridized carbons (Fsp3) is 0.750. The van der Waals surface area contributed by atoms with E-state index in [4.69, 9.17) is 0 Å². The van der Waals surface area contributed by atoms with Gasteiger partial charge in [0.25, 0.3) is 0 Å². The molecule has 2 heterocycles. The van der Waals surface area contributed by atoms with Gasteiger partial charge in [0.15, 0.2) is 5.82 Å². The Morgan fingerprint density at radius 3 is 2.90 bits per heavy atom. The molecule has 0 aromatic carbocycles. The molecule has 1 saturated heterocycles. The van der Waals surface area contributed by atoms with Crippen LogP contribution in [-0.4, -0.2) is 44.4 Å². The number of hydrogen-bond donors (Lipinski definition) is 1. The van der Waals surface area contributed by atoms with Crippen LogP contribution in [0.1, 0.15) is 56.1 Å². The molecule has 0 amide bonds. The number of aromatic nitrogens is 3. The Hall–Kier alpha value is -1.20. The summed E-state index contributed by atoms with van der Waals surface area (Å²) in [7, 11) is 1.96. The van der Waals surface area contributed by atoms with E-state index in [1.807, 2.05) is 11.6 Å². The minimum absolute atomic E-state index is 0.0349. The van der Waals surface area contributed by atoms with Crippen molar-refractivity contribution >= 4 is 0 Å². The van der Waals surface area contributed by atoms with Gasteiger partial charge in [-0.1, -0.05) is 11.6 Å². The average Bonchev–Trinajstić information content (AvgIpc) is 2.89. The van der Waals surface area contributed by atoms with Crippen molar-refractivity contribution in [2.75, 3.05) is 19.6 Å². The molecule has 21 heavy (non-hydrogen) atoms. The standard InChI is InChI=1S/C16H26N4O/c1-19-15(12-21)17-18-16(19)14-8-5-9-20(11-14)10-13-6-3-2-4-7-13/h6,14,21H,2-5,7-12H2,1H3/t14-/m0/s1. The smallest absolute Gasteiger partial charge is 0.158 e. The Balaban J connectivity index is 1.65. The Morgan fingerprint density at radius 1 is 1.29 bits per heavy atom. The summed E-state index contributed by atoms with van der Waals surface area (Å²) in [5.74, 6) is 2.14. The van der Waals surface area contributed by atoms with Crippen molar-refractivity contribution in [1.29, 1.82) is 0 Å². The van der Waals surface area contributed by atoms with Gasteiger partial charge in [0, 0.05) is 26.1 Å². The van der Waals surface area contributed by atoms with Gasteiger partial charge >= 0.3 is 0 Å². The van der Waals surface area contributed by atoms with Crippen LogP contribution in [0, 0.1) is 0 Å². The highest BCUT2D eigenvalue weighted by atomic mass is 16.3. The van der Waals surface area contributed by atoms with Crippen LogP contribution >= 0.6 is 0 Å². The molecule has 0 unspecified atom stereocenters. The molecule has 0 saturated carbocycles. The van der Waals surface area contributed by atoms with Gasteiger partial charge in [-0.15, -0.1) is 10.2 Å². The van der Waals surface area contributed by atoms with Crippen LogP contribution in [0.15, 0.2) is 11.6 Å². The molecule has 1 atom stereocenters. The van der Waals surface area contributed by atoms with E-state index in [9.17, 15) is 5.11 Å². The molecular weight excluding hydrogens is 264 g/mol. The molecule has 116 valence electrons. The fourth-order valence-electron chi connectivity index (χ4n) is 3.61. The molecule has 5 heteroatoms. The lowest BCUT2D eigenvalue weighted by atomic mass is 9.94. The summed E-state index contributed by atoms with van der Waals surface area (Å²) in [5, 5.41) is 17.6. The predicted molar refractivity (Wildman–Crippen MR) is 81.9 cm³/mol. The summed E-state index contributed by atoms with van der Waals surface area (Å²) < 4.78 is 1.97. The quantitative estimate of drug-likeness (QED) is 0.862. The first-order chi connectivity index (χ1) is 10.3. The Morgan fingerprint density at radius 2 is 2.19 bits per heavy atom. The monoisotopic (exact) mass is 290 g/mol. The first-order valence-corrected chi connectivity index (χ1v) is 8.17. The highest BCUT2D eigenvalue weighted by Gasteiger charge is 2.26. The van der Waals surface area contributed by atoms with Crippen molar-refractivity contribution in [3.63, 3.8) is 0 Å². The molecule has 1 fully saturated rings. The van der Waals surface area contributed by atoms with Gasteiger partial charge in [-0.2, -0.15) is 0 Å². The molecule has 1 N–H and O–H groups in total. The summed E-state index contributed by atoms with van der Waals surface area (Å²) in [5.41, 5.74) is 1.62. The second kappa shape index (κ2) is 6.71. The number of likely N-dealkylation sites (tertiary alicyclic amines) is 1. The zero-order chi connectivity index (χ0) is 14.7. The van der Waals surface area contributed by atoms with Gasteiger partial charge < -0.3 is 9.67 Å². The lowest BCUT2D eigenvalue weighted by Gasteiger charge is -2.33. The maximum Gasteiger partial charge on any atom is 0.158 e. The number of nitrogens with zero attached hydrogens (tertiary/aromatic N) is 4. The topological polar surface area (TPSA) is 54.2 Å². The first-order valence-electron chi connectivity index (χ1n) is 8.17. The maximum absolute atomic E-state index is 9.26. The largest absolute Gasteiger partial charge is 0.388 e. The fourth-order valence-corrected chi connectivity index (χ4v) is 3.61. The number of hydrogen-bond acceptors (Lipinski definition) is 4. The van der Waals surface area contributed by atoms with Crippen molar-refractivity contribution < 1.29 is 5.11 Å². The van der Waals surface area contributed by atoms with Crippen molar-refractivity contribution in [2.24, 2.45) is 7.05 Å². The van der Waals surface area contributed by atoms with Crippen LogP contribution < -0.4 is 0 Å². The van der Waals surface area contributed by atoms with Gasteiger partial charge in [-0.3, -0.25) is 4.90 Å². The van der Waals surface area contributed by atoms with Crippen LogP contribution in [0.25, 0.3) is 0 Å². The van der Waals surface area contributed by atoms with E-state index in [0.717, 1.165) is 18.9 Å². The van der Waals surface area contributed by atoms with E-state index in [0.29, 0.717) is 11.7 Å². The molecule has 2 aliphatic rings. The van der Waals surface area contributed by atoms with Crippen LogP contribution in [-0.2, 0) is 13.7 Å². The summed E-state index contributed by atoms with van der Waals surface area (Å²) >= 11 is 0. The van der Waals surface area contributed by atoms with Gasteiger partial charge in [0.2, 0.25) is 0 Å². The number of aliphatic hydroxyl groups is 1. The third-order valence-electron chi connectivity index (χ3n) is 4.82. The normalized spacial score (nSPS) is 24.1. The van der Waals surface area contributed by atoms with Gasteiger partial charge in [0.1, 0.15) is 12.4 Å². The minimum atomic E-state index is -0.0349. The molecular formula is C16H26N4O. The third-order valence-corrected chi connectivity index (χ3v) is 4.82. The molecule has 0 bridgehead atoms. The molecule has 0 spiro atoms. The van der Waals surface area contributed by atoms with E-state index in [1.54, 1.807) is 5.57 Å². The number of piperidine rings is 1. The van der Waals surface area contributed by atoms with Gasteiger partial charge in [-0.25, -0.2) is 0 Å². The third kappa shape index (κ3) is 3.35. The van der Waals surface area contributed by atoms with Crippen LogP contribution in [0.2, 0.25) is 0 Å². The van der Waals surface area contributed by atoms with Crippen LogP contribution in [0.5, 0.6) is 0 Å². The van der Waals surface area contributed by atoms with Crippen LogP contribution in [0.4, 0.5) is 0 Å². The Bertz CT molecular complexity index is 508. The van der Waals surface area contributed by atoms with Crippen molar-refractivity contribution in [3.05, 3.63) is 23.3 Å². The first kappa shape index (κ1) is 14.7. The molecule has 1 aliphatic carbocycles. The zero-order valence-corrected chi connectivity index (χ0v) is 13.0. The SMILES string of the molecule is Cn1c(CO)nnc1[C@H]1CCCN(CC2=CCCCC2)C1. The molecule has 5 nitrogen and oxygen atoms in total. The van der Waals surface area contributed by atoms with Crippen molar-refractivity contribution in [3.8, 4) is 0 Å². The summed E-state index contributed by atoms with van der Waals surface area (Å²) in [4.78, 5) is 2.57. The van der Waals surface area contributed by atoms with E-state index in [2.05, 4.69) is 21.2 Å². The molecule has 1 aromatic rings. The maximum atomic E-state index is 9.26. The van der Waals surface area contributed by atoms with Crippen LogP contribution in [0.3, 0.4) is 0 Å². The van der Waals surface area contributed by atoms with E-state index < -0.39 is 0 Å². The number of rotatable bonds is 4. The van der Waals surface area contributed by atoms with Gasteiger partial charge in [-0.05, 0) is 45.1 Å². The van der Waals surface area contributed by atoms with Gasteiger partial charge in [0.05, 0.1) is 0 Å². The highest BCUT2D eigenvalue weighted by molar-refractivity contribution is 5.09. The van der Waals surface area contributed by atoms with E-state index in [1.165, 1.54) is 45.1 Å². The predicted octanol–water partition coefficient (Wildman–Crippen LogP) is 1.99. The van der Waals surface area contributed by atoms with E-state index >= 15 is 0 Å². The summed E-state index contributed by atoms with van der Waals surface area (Å²) in [6.45, 7) is 3.35. The van der Waals surface area contributed by atoms with E-state index in [-0.39, 0.29) is 6.61 Å². The molecule has 1 aliphatic heterocycles. The number of aliphatic hydroxyl groups excluding tert-OH is 1. The molecule has 3 rings (SSSR count). The molecule has 1 aromatic heterocycles. The second-order valence-electron chi connectivity index (χ2n) is 6.37. The second-order valence-corrected chi connectivity index (χ2v) is 6.37. The Labute approximate surface area is 126 Å². The lowest BCUT2D eigenvalue weighted by molar-refractivity contribution is 0.214. The summed E-state index contributed by atoms with van der Waals surface area (Å²) in [6, 6.07) is 0. The number of allylic oxidation sites excluding steroid dienone is 1. The zero-order valence-electron chi connectivity index (χ0n) is 13.0.